The number of rotatable bonds is 8. The van der Waals surface area contributed by atoms with Crippen molar-refractivity contribution in [1.29, 1.82) is 0 Å². The van der Waals surface area contributed by atoms with Crippen LogP contribution in [-0.2, 0) is 6.42 Å². The smallest absolute Gasteiger partial charge is 0.218 e. The van der Waals surface area contributed by atoms with Gasteiger partial charge >= 0.3 is 0 Å². The number of aryl methyl sites for hydroxylation is 1. The number of ether oxygens (including phenoxy) is 1. The summed E-state index contributed by atoms with van der Waals surface area (Å²) < 4.78 is 5.68. The molecule has 1 N–H and O–H groups in total. The molecule has 0 aliphatic rings. The third-order valence-electron chi connectivity index (χ3n) is 2.49. The standard InChI is InChI=1S/C14H26N4O/c1-6-12-16-13(15-7-8-18(4)5)9-14(17-12)19-10-11(2)3/h9,11H,6-8,10H2,1-5H3,(H,15,16,17). The highest BCUT2D eigenvalue weighted by Crippen LogP contribution is 2.14. The molecule has 0 spiro atoms. The second-order valence-corrected chi connectivity index (χ2v) is 5.30. The fraction of sp³-hybridized carbons (Fsp3) is 0.714. The van der Waals surface area contributed by atoms with Crippen molar-refractivity contribution in [3.63, 3.8) is 0 Å². The minimum atomic E-state index is 0.491. The Hall–Kier alpha value is -1.36. The van der Waals surface area contributed by atoms with Crippen LogP contribution in [0, 0.1) is 5.92 Å². The fourth-order valence-electron chi connectivity index (χ4n) is 1.45. The minimum absolute atomic E-state index is 0.491. The molecule has 5 nitrogen and oxygen atoms in total. The van der Waals surface area contributed by atoms with Gasteiger partial charge in [0, 0.05) is 25.6 Å². The summed E-state index contributed by atoms with van der Waals surface area (Å²) in [4.78, 5) is 11.0. The van der Waals surface area contributed by atoms with Crippen molar-refractivity contribution >= 4 is 5.82 Å². The summed E-state index contributed by atoms with van der Waals surface area (Å²) in [5.74, 6) is 2.80. The van der Waals surface area contributed by atoms with E-state index in [1.165, 1.54) is 0 Å². The van der Waals surface area contributed by atoms with Crippen LogP contribution in [0.2, 0.25) is 0 Å². The molecule has 1 aromatic rings. The Kier molecular flexibility index (Phi) is 6.56. The molecular formula is C14H26N4O. The number of nitrogens with one attached hydrogen (secondary N) is 1. The largest absolute Gasteiger partial charge is 0.477 e. The molecule has 0 amide bonds. The molecule has 108 valence electrons. The summed E-state index contributed by atoms with van der Waals surface area (Å²) in [7, 11) is 4.10. The Labute approximate surface area is 116 Å². The summed E-state index contributed by atoms with van der Waals surface area (Å²) in [6, 6.07) is 1.87. The van der Waals surface area contributed by atoms with Gasteiger partial charge in [0.05, 0.1) is 6.61 Å². The zero-order chi connectivity index (χ0) is 14.3. The van der Waals surface area contributed by atoms with E-state index < -0.39 is 0 Å². The normalized spacial score (nSPS) is 11.1. The van der Waals surface area contributed by atoms with Gasteiger partial charge in [-0.2, -0.15) is 4.98 Å². The van der Waals surface area contributed by atoms with Gasteiger partial charge in [-0.05, 0) is 20.0 Å². The van der Waals surface area contributed by atoms with Gasteiger partial charge in [-0.15, -0.1) is 0 Å². The van der Waals surface area contributed by atoms with Gasteiger partial charge in [-0.1, -0.05) is 20.8 Å². The van der Waals surface area contributed by atoms with Crippen LogP contribution in [0.3, 0.4) is 0 Å². The number of nitrogens with zero attached hydrogens (tertiary/aromatic N) is 3. The van der Waals surface area contributed by atoms with Crippen LogP contribution in [0.1, 0.15) is 26.6 Å². The van der Waals surface area contributed by atoms with Gasteiger partial charge in [0.15, 0.2) is 0 Å². The molecular weight excluding hydrogens is 240 g/mol. The molecule has 0 atom stereocenters. The number of anilines is 1. The highest BCUT2D eigenvalue weighted by Gasteiger charge is 2.05. The minimum Gasteiger partial charge on any atom is -0.477 e. The third kappa shape index (κ3) is 6.38. The van der Waals surface area contributed by atoms with Crippen molar-refractivity contribution < 1.29 is 4.74 Å². The molecule has 0 saturated heterocycles. The van der Waals surface area contributed by atoms with E-state index in [9.17, 15) is 0 Å². The summed E-state index contributed by atoms with van der Waals surface area (Å²) in [5, 5.41) is 3.31. The maximum absolute atomic E-state index is 5.68. The third-order valence-corrected chi connectivity index (χ3v) is 2.49. The molecule has 19 heavy (non-hydrogen) atoms. The Morgan fingerprint density at radius 3 is 2.63 bits per heavy atom. The van der Waals surface area contributed by atoms with Crippen molar-refractivity contribution in [2.75, 3.05) is 39.1 Å². The number of aromatic nitrogens is 2. The molecule has 0 saturated carbocycles. The molecule has 0 aromatic carbocycles. The van der Waals surface area contributed by atoms with Crippen LogP contribution in [0.4, 0.5) is 5.82 Å². The van der Waals surface area contributed by atoms with Gasteiger partial charge in [0.2, 0.25) is 5.88 Å². The molecule has 0 bridgehead atoms. The van der Waals surface area contributed by atoms with E-state index >= 15 is 0 Å². The maximum Gasteiger partial charge on any atom is 0.218 e. The van der Waals surface area contributed by atoms with Crippen molar-refractivity contribution in [3.05, 3.63) is 11.9 Å². The molecule has 1 rings (SSSR count). The quantitative estimate of drug-likeness (QED) is 0.780. The maximum atomic E-state index is 5.68. The SMILES string of the molecule is CCc1nc(NCCN(C)C)cc(OCC(C)C)n1. The molecule has 0 unspecified atom stereocenters. The van der Waals surface area contributed by atoms with E-state index in [-0.39, 0.29) is 0 Å². The van der Waals surface area contributed by atoms with Crippen molar-refractivity contribution in [2.24, 2.45) is 5.92 Å². The van der Waals surface area contributed by atoms with Gasteiger partial charge in [-0.3, -0.25) is 0 Å². The molecule has 0 aliphatic carbocycles. The fourth-order valence-corrected chi connectivity index (χ4v) is 1.45. The summed E-state index contributed by atoms with van der Waals surface area (Å²) >= 11 is 0. The van der Waals surface area contributed by atoms with E-state index in [1.807, 2.05) is 13.0 Å². The first kappa shape index (κ1) is 15.7. The Bertz CT molecular complexity index is 380. The lowest BCUT2D eigenvalue weighted by molar-refractivity contribution is 0.260. The van der Waals surface area contributed by atoms with Gasteiger partial charge < -0.3 is 15.0 Å². The van der Waals surface area contributed by atoms with Crippen LogP contribution < -0.4 is 10.1 Å². The summed E-state index contributed by atoms with van der Waals surface area (Å²) in [6.45, 7) is 8.79. The molecule has 5 heteroatoms. The number of hydrogen-bond acceptors (Lipinski definition) is 5. The van der Waals surface area contributed by atoms with Crippen LogP contribution in [0.5, 0.6) is 5.88 Å². The lowest BCUT2D eigenvalue weighted by Gasteiger charge is -2.13. The van der Waals surface area contributed by atoms with E-state index in [4.69, 9.17) is 4.74 Å². The average molecular weight is 266 g/mol. The van der Waals surface area contributed by atoms with Crippen LogP contribution in [0.25, 0.3) is 0 Å². The highest BCUT2D eigenvalue weighted by atomic mass is 16.5. The summed E-state index contributed by atoms with van der Waals surface area (Å²) in [6.07, 6.45) is 0.807. The first-order chi connectivity index (χ1) is 9.01. The molecule has 0 aliphatic heterocycles. The molecule has 1 heterocycles. The second-order valence-electron chi connectivity index (χ2n) is 5.30. The number of hydrogen-bond donors (Lipinski definition) is 1. The predicted molar refractivity (Wildman–Crippen MR) is 78.8 cm³/mol. The summed E-state index contributed by atoms with van der Waals surface area (Å²) in [5.41, 5.74) is 0. The van der Waals surface area contributed by atoms with Crippen molar-refractivity contribution in [2.45, 2.75) is 27.2 Å². The Balaban J connectivity index is 2.66. The van der Waals surface area contributed by atoms with E-state index in [1.54, 1.807) is 0 Å². The predicted octanol–water partition coefficient (Wildman–Crippen LogP) is 2.05. The van der Waals surface area contributed by atoms with Gasteiger partial charge in [0.25, 0.3) is 0 Å². The monoisotopic (exact) mass is 266 g/mol. The Morgan fingerprint density at radius 2 is 2.05 bits per heavy atom. The van der Waals surface area contributed by atoms with Gasteiger partial charge in [-0.25, -0.2) is 4.98 Å². The average Bonchev–Trinajstić information content (AvgIpc) is 2.35. The Morgan fingerprint density at radius 1 is 1.32 bits per heavy atom. The van der Waals surface area contributed by atoms with Crippen LogP contribution in [0.15, 0.2) is 6.07 Å². The second kappa shape index (κ2) is 7.94. The van der Waals surface area contributed by atoms with E-state index in [0.717, 1.165) is 31.2 Å². The zero-order valence-electron chi connectivity index (χ0n) is 12.7. The number of likely N-dealkylation sites (N-methyl/N-ethyl adjacent to an activating group) is 1. The molecule has 0 radical (unpaired) electrons. The van der Waals surface area contributed by atoms with E-state index in [0.29, 0.717) is 18.4 Å². The van der Waals surface area contributed by atoms with Crippen molar-refractivity contribution in [1.82, 2.24) is 14.9 Å². The molecule has 1 aromatic heterocycles. The lowest BCUT2D eigenvalue weighted by Crippen LogP contribution is -2.21. The van der Waals surface area contributed by atoms with Gasteiger partial charge in [0.1, 0.15) is 11.6 Å². The van der Waals surface area contributed by atoms with Crippen LogP contribution >= 0.6 is 0 Å². The first-order valence-corrected chi connectivity index (χ1v) is 6.90. The van der Waals surface area contributed by atoms with Crippen molar-refractivity contribution in [3.8, 4) is 5.88 Å². The molecule has 0 fully saturated rings. The topological polar surface area (TPSA) is 50.3 Å². The highest BCUT2D eigenvalue weighted by molar-refractivity contribution is 5.38. The van der Waals surface area contributed by atoms with E-state index in [2.05, 4.69) is 48.1 Å². The lowest BCUT2D eigenvalue weighted by atomic mass is 10.2. The zero-order valence-corrected chi connectivity index (χ0v) is 12.7. The first-order valence-electron chi connectivity index (χ1n) is 6.90. The van der Waals surface area contributed by atoms with Crippen LogP contribution in [-0.4, -0.2) is 48.7 Å².